The minimum atomic E-state index is 0.146. The molecule has 0 radical (unpaired) electrons. The first-order valence-corrected chi connectivity index (χ1v) is 11.8. The summed E-state index contributed by atoms with van der Waals surface area (Å²) in [7, 11) is 0. The molecule has 162 valence electrons. The van der Waals surface area contributed by atoms with Gasteiger partial charge in [0.15, 0.2) is 0 Å². The molecule has 0 saturated carbocycles. The average Bonchev–Trinajstić information content (AvgIpc) is 3.31. The van der Waals surface area contributed by atoms with E-state index in [1.165, 1.54) is 6.42 Å². The van der Waals surface area contributed by atoms with Crippen molar-refractivity contribution in [3.63, 3.8) is 0 Å². The summed E-state index contributed by atoms with van der Waals surface area (Å²) in [5.74, 6) is 0.638. The fraction of sp³-hybridized carbons (Fsp3) is 0.826. The number of likely N-dealkylation sites (tertiary alicyclic amines) is 2. The highest BCUT2D eigenvalue weighted by Gasteiger charge is 2.32. The second-order valence-electron chi connectivity index (χ2n) is 9.19. The smallest absolute Gasteiger partial charge is 0.249 e. The van der Waals surface area contributed by atoms with Gasteiger partial charge in [0.2, 0.25) is 11.8 Å². The van der Waals surface area contributed by atoms with Gasteiger partial charge in [0.05, 0.1) is 6.10 Å². The molecule has 1 unspecified atom stereocenters. The zero-order valence-electron chi connectivity index (χ0n) is 17.7. The Morgan fingerprint density at radius 3 is 2.45 bits per heavy atom. The number of hydrogen-bond donors (Lipinski definition) is 1. The van der Waals surface area contributed by atoms with E-state index in [-0.39, 0.29) is 23.8 Å². The number of piperidine rings is 2. The van der Waals surface area contributed by atoms with Crippen LogP contribution >= 0.6 is 0 Å². The van der Waals surface area contributed by atoms with Gasteiger partial charge in [-0.3, -0.25) is 9.59 Å². The van der Waals surface area contributed by atoms with Crippen molar-refractivity contribution >= 4 is 11.8 Å². The number of hydrogen-bond acceptors (Lipinski definition) is 4. The minimum absolute atomic E-state index is 0.146. The lowest BCUT2D eigenvalue weighted by molar-refractivity contribution is -0.130. The van der Waals surface area contributed by atoms with E-state index in [2.05, 4.69) is 21.2 Å². The second-order valence-corrected chi connectivity index (χ2v) is 9.19. The van der Waals surface area contributed by atoms with Crippen LogP contribution in [-0.4, -0.2) is 73.1 Å². The number of amides is 2. The number of ether oxygens (including phenoxy) is 1. The number of carbonyl (C=O) groups is 2. The second kappa shape index (κ2) is 10.1. The Morgan fingerprint density at radius 2 is 1.79 bits per heavy atom. The van der Waals surface area contributed by atoms with Gasteiger partial charge in [-0.1, -0.05) is 6.08 Å². The fourth-order valence-corrected chi connectivity index (χ4v) is 5.36. The summed E-state index contributed by atoms with van der Waals surface area (Å²) < 4.78 is 5.60. The molecule has 2 amide bonds. The number of allylic oxidation sites excluding steroid dienone is 1. The summed E-state index contributed by atoms with van der Waals surface area (Å²) in [6.07, 6.45) is 13.0. The van der Waals surface area contributed by atoms with E-state index in [4.69, 9.17) is 4.74 Å². The summed E-state index contributed by atoms with van der Waals surface area (Å²) in [6, 6.07) is 0.565. The molecular formula is C23H37N3O3. The van der Waals surface area contributed by atoms with Crippen molar-refractivity contribution in [2.75, 3.05) is 39.3 Å². The quantitative estimate of drug-likeness (QED) is 0.766. The van der Waals surface area contributed by atoms with Gasteiger partial charge in [0, 0.05) is 43.8 Å². The Bertz CT molecular complexity index is 598. The van der Waals surface area contributed by atoms with E-state index in [9.17, 15) is 9.59 Å². The molecule has 1 atom stereocenters. The average molecular weight is 404 g/mol. The Morgan fingerprint density at radius 1 is 1.00 bits per heavy atom. The predicted molar refractivity (Wildman–Crippen MR) is 112 cm³/mol. The van der Waals surface area contributed by atoms with E-state index < -0.39 is 0 Å². The van der Waals surface area contributed by atoms with Crippen LogP contribution in [-0.2, 0) is 14.3 Å². The highest BCUT2D eigenvalue weighted by Crippen LogP contribution is 2.26. The van der Waals surface area contributed by atoms with Crippen LogP contribution < -0.4 is 5.32 Å². The molecule has 3 saturated heterocycles. The molecule has 6 nitrogen and oxygen atoms in total. The topological polar surface area (TPSA) is 61.9 Å². The molecular weight excluding hydrogens is 366 g/mol. The molecule has 4 aliphatic rings. The molecule has 1 aliphatic carbocycles. The van der Waals surface area contributed by atoms with Gasteiger partial charge in [0.1, 0.15) is 0 Å². The number of rotatable bonds is 5. The van der Waals surface area contributed by atoms with Crippen LogP contribution in [0.15, 0.2) is 11.6 Å². The third kappa shape index (κ3) is 5.40. The summed E-state index contributed by atoms with van der Waals surface area (Å²) in [5, 5.41) is 3.11. The van der Waals surface area contributed by atoms with Crippen molar-refractivity contribution in [2.45, 2.75) is 76.4 Å². The van der Waals surface area contributed by atoms with Crippen LogP contribution in [0, 0.1) is 5.92 Å². The summed E-state index contributed by atoms with van der Waals surface area (Å²) >= 11 is 0. The molecule has 3 heterocycles. The monoisotopic (exact) mass is 403 g/mol. The van der Waals surface area contributed by atoms with Crippen molar-refractivity contribution in [2.24, 2.45) is 5.92 Å². The van der Waals surface area contributed by atoms with Crippen LogP contribution in [0.1, 0.15) is 64.2 Å². The zero-order valence-corrected chi connectivity index (χ0v) is 17.7. The van der Waals surface area contributed by atoms with Crippen molar-refractivity contribution in [1.82, 2.24) is 15.1 Å². The van der Waals surface area contributed by atoms with Crippen molar-refractivity contribution in [3.8, 4) is 0 Å². The van der Waals surface area contributed by atoms with E-state index in [0.29, 0.717) is 12.6 Å². The molecule has 0 aromatic rings. The Labute approximate surface area is 175 Å². The first-order valence-electron chi connectivity index (χ1n) is 11.8. The molecule has 6 heteroatoms. The Kier molecular flexibility index (Phi) is 7.24. The normalized spacial score (nSPS) is 27.7. The van der Waals surface area contributed by atoms with Crippen molar-refractivity contribution in [3.05, 3.63) is 11.6 Å². The molecule has 0 bridgehead atoms. The molecule has 4 rings (SSSR count). The summed E-state index contributed by atoms with van der Waals surface area (Å²) in [4.78, 5) is 29.8. The standard InChI is InChI=1S/C23H37N3O3/c27-22(24-17-21-7-4-16-29-21)18-8-12-25(13-9-18)20-10-14-26(15-11-20)23(28)19-5-2-1-3-6-19/h5,18,20-21H,1-4,6-17H2,(H,24,27). The molecule has 0 spiro atoms. The Balaban J connectivity index is 1.16. The van der Waals surface area contributed by atoms with Crippen LogP contribution in [0.5, 0.6) is 0 Å². The summed E-state index contributed by atoms with van der Waals surface area (Å²) in [5.41, 5.74) is 1.05. The number of nitrogens with one attached hydrogen (secondary N) is 1. The molecule has 0 aromatic heterocycles. The lowest BCUT2D eigenvalue weighted by atomic mass is 9.92. The summed E-state index contributed by atoms with van der Waals surface area (Å²) in [6.45, 7) is 5.26. The van der Waals surface area contributed by atoms with Gasteiger partial charge >= 0.3 is 0 Å². The zero-order chi connectivity index (χ0) is 20.1. The molecule has 3 aliphatic heterocycles. The largest absolute Gasteiger partial charge is 0.376 e. The lowest BCUT2D eigenvalue weighted by Crippen LogP contribution is -2.50. The van der Waals surface area contributed by atoms with Crippen LogP contribution in [0.3, 0.4) is 0 Å². The van der Waals surface area contributed by atoms with E-state index in [1.807, 2.05) is 0 Å². The van der Waals surface area contributed by atoms with Crippen molar-refractivity contribution in [1.29, 1.82) is 0 Å². The number of nitrogens with zero attached hydrogens (tertiary/aromatic N) is 2. The SMILES string of the molecule is O=C(NCC1CCCO1)C1CCN(C2CCN(C(=O)C3=CCCCC3)CC2)CC1. The van der Waals surface area contributed by atoms with Gasteiger partial charge in [0.25, 0.3) is 0 Å². The van der Waals surface area contributed by atoms with Gasteiger partial charge in [-0.05, 0) is 77.3 Å². The first-order chi connectivity index (χ1) is 14.2. The molecule has 0 aromatic carbocycles. The van der Waals surface area contributed by atoms with Crippen molar-refractivity contribution < 1.29 is 14.3 Å². The van der Waals surface area contributed by atoms with Gasteiger partial charge in [-0.25, -0.2) is 0 Å². The third-order valence-corrected chi connectivity index (χ3v) is 7.26. The Hall–Kier alpha value is -1.40. The molecule has 1 N–H and O–H groups in total. The third-order valence-electron chi connectivity index (χ3n) is 7.26. The predicted octanol–water partition coefficient (Wildman–Crippen LogP) is 2.48. The van der Waals surface area contributed by atoms with E-state index >= 15 is 0 Å². The number of carbonyl (C=O) groups excluding carboxylic acids is 2. The highest BCUT2D eigenvalue weighted by molar-refractivity contribution is 5.93. The van der Waals surface area contributed by atoms with Crippen LogP contribution in [0.4, 0.5) is 0 Å². The maximum absolute atomic E-state index is 12.7. The first kappa shape index (κ1) is 20.9. The van der Waals surface area contributed by atoms with Gasteiger partial charge in [-0.2, -0.15) is 0 Å². The van der Waals surface area contributed by atoms with Crippen LogP contribution in [0.2, 0.25) is 0 Å². The highest BCUT2D eigenvalue weighted by atomic mass is 16.5. The minimum Gasteiger partial charge on any atom is -0.376 e. The maximum atomic E-state index is 12.7. The molecule has 3 fully saturated rings. The van der Waals surface area contributed by atoms with E-state index in [0.717, 1.165) is 96.1 Å². The van der Waals surface area contributed by atoms with Crippen LogP contribution in [0.25, 0.3) is 0 Å². The lowest BCUT2D eigenvalue weighted by Gasteiger charge is -2.41. The van der Waals surface area contributed by atoms with Gasteiger partial charge < -0.3 is 19.9 Å². The van der Waals surface area contributed by atoms with E-state index in [1.54, 1.807) is 0 Å². The maximum Gasteiger partial charge on any atom is 0.249 e. The molecule has 29 heavy (non-hydrogen) atoms. The van der Waals surface area contributed by atoms with Gasteiger partial charge in [-0.15, -0.1) is 0 Å². The fourth-order valence-electron chi connectivity index (χ4n) is 5.36.